The molecule has 1 N–H and O–H groups in total. The number of methoxy groups -OCH3 is 1. The number of benzene rings is 1. The van der Waals surface area contributed by atoms with E-state index in [2.05, 4.69) is 5.32 Å². The number of rotatable bonds is 7. The van der Waals surface area contributed by atoms with Gasteiger partial charge in [0.25, 0.3) is 0 Å². The van der Waals surface area contributed by atoms with E-state index >= 15 is 0 Å². The molecule has 1 aliphatic rings. The Balaban J connectivity index is 1.91. The van der Waals surface area contributed by atoms with E-state index in [0.29, 0.717) is 18.1 Å². The maximum Gasteiger partial charge on any atom is 0.248 e. The standard InChI is InChI=1S/C18H25NO3S/c1-22-10-11-23(21)14-16-8-5-9-17(12-16)19-18(20)13-15-6-3-2-4-7-15/h5,8-9,12-13H,2-4,6-7,10-11,14H2,1H3,(H,19,20)/t23-/m0/s1. The number of allylic oxidation sites excluding steroid dienone is 1. The summed E-state index contributed by atoms with van der Waals surface area (Å²) >= 11 is 0. The highest BCUT2D eigenvalue weighted by atomic mass is 32.2. The van der Waals surface area contributed by atoms with Crippen molar-refractivity contribution in [2.24, 2.45) is 0 Å². The third-order valence-electron chi connectivity index (χ3n) is 3.87. The van der Waals surface area contributed by atoms with Gasteiger partial charge in [0.1, 0.15) is 0 Å². The zero-order chi connectivity index (χ0) is 16.5. The minimum Gasteiger partial charge on any atom is -0.384 e. The number of hydrogen-bond donors (Lipinski definition) is 1. The molecule has 1 aromatic carbocycles. The lowest BCUT2D eigenvalue weighted by atomic mass is 9.94. The second-order valence-electron chi connectivity index (χ2n) is 5.83. The Bertz CT molecular complexity index is 575. The number of amides is 1. The molecule has 1 atom stereocenters. The van der Waals surface area contributed by atoms with Crippen LogP contribution in [0, 0.1) is 0 Å². The fourth-order valence-corrected chi connectivity index (χ4v) is 3.74. The van der Waals surface area contributed by atoms with Crippen LogP contribution in [0.1, 0.15) is 37.7 Å². The van der Waals surface area contributed by atoms with Crippen LogP contribution in [0.3, 0.4) is 0 Å². The van der Waals surface area contributed by atoms with Gasteiger partial charge < -0.3 is 10.1 Å². The van der Waals surface area contributed by atoms with Crippen molar-refractivity contribution in [1.82, 2.24) is 0 Å². The summed E-state index contributed by atoms with van der Waals surface area (Å²) in [5.74, 6) is 0.937. The van der Waals surface area contributed by atoms with Crippen LogP contribution < -0.4 is 5.32 Å². The zero-order valence-corrected chi connectivity index (χ0v) is 14.5. The molecular formula is C18H25NO3S. The van der Waals surface area contributed by atoms with Crippen LogP contribution in [0.5, 0.6) is 0 Å². The lowest BCUT2D eigenvalue weighted by Crippen LogP contribution is -2.11. The van der Waals surface area contributed by atoms with Crippen molar-refractivity contribution in [1.29, 1.82) is 0 Å². The highest BCUT2D eigenvalue weighted by Gasteiger charge is 2.08. The third-order valence-corrected chi connectivity index (χ3v) is 5.15. The Morgan fingerprint density at radius 3 is 2.83 bits per heavy atom. The van der Waals surface area contributed by atoms with Gasteiger partial charge in [-0.05, 0) is 43.4 Å². The third kappa shape index (κ3) is 6.67. The van der Waals surface area contributed by atoms with Gasteiger partial charge in [-0.15, -0.1) is 0 Å². The van der Waals surface area contributed by atoms with Crippen LogP contribution in [0.4, 0.5) is 5.69 Å². The zero-order valence-electron chi connectivity index (χ0n) is 13.7. The van der Waals surface area contributed by atoms with Crippen molar-refractivity contribution in [2.75, 3.05) is 24.8 Å². The van der Waals surface area contributed by atoms with Gasteiger partial charge in [-0.1, -0.05) is 24.1 Å². The van der Waals surface area contributed by atoms with Crippen LogP contribution in [-0.2, 0) is 26.1 Å². The van der Waals surface area contributed by atoms with Gasteiger partial charge in [-0.2, -0.15) is 0 Å². The highest BCUT2D eigenvalue weighted by Crippen LogP contribution is 2.22. The minimum absolute atomic E-state index is 0.0699. The van der Waals surface area contributed by atoms with Crippen LogP contribution >= 0.6 is 0 Å². The average Bonchev–Trinajstić information content (AvgIpc) is 2.54. The van der Waals surface area contributed by atoms with E-state index in [0.717, 1.165) is 24.1 Å². The first-order chi connectivity index (χ1) is 11.2. The SMILES string of the molecule is COCC[S@](=O)Cc1cccc(NC(=O)C=C2CCCCC2)c1. The second-order valence-corrected chi connectivity index (χ2v) is 7.41. The van der Waals surface area contributed by atoms with E-state index in [-0.39, 0.29) is 5.91 Å². The van der Waals surface area contributed by atoms with Gasteiger partial charge in [0.2, 0.25) is 5.91 Å². The summed E-state index contributed by atoms with van der Waals surface area (Å²) in [5, 5.41) is 2.91. The van der Waals surface area contributed by atoms with Gasteiger partial charge in [0, 0.05) is 41.2 Å². The Labute approximate surface area is 140 Å². The van der Waals surface area contributed by atoms with E-state index in [1.807, 2.05) is 24.3 Å². The van der Waals surface area contributed by atoms with Gasteiger partial charge in [0.05, 0.1) is 6.61 Å². The molecule has 1 amide bonds. The molecule has 0 unspecified atom stereocenters. The number of nitrogens with one attached hydrogen (secondary N) is 1. The van der Waals surface area contributed by atoms with E-state index in [4.69, 9.17) is 4.74 Å². The summed E-state index contributed by atoms with van der Waals surface area (Å²) < 4.78 is 16.8. The topological polar surface area (TPSA) is 55.4 Å². The molecule has 0 heterocycles. The van der Waals surface area contributed by atoms with Crippen molar-refractivity contribution < 1.29 is 13.7 Å². The number of hydrogen-bond acceptors (Lipinski definition) is 3. The lowest BCUT2D eigenvalue weighted by molar-refractivity contribution is -0.112. The molecule has 0 aromatic heterocycles. The number of carbonyl (C=O) groups excluding carboxylic acids is 1. The Hall–Kier alpha value is -1.46. The molecule has 1 saturated carbocycles. The minimum atomic E-state index is -0.947. The molecular weight excluding hydrogens is 310 g/mol. The first-order valence-corrected chi connectivity index (χ1v) is 9.59. The van der Waals surface area contributed by atoms with E-state index in [9.17, 15) is 9.00 Å². The molecule has 0 radical (unpaired) electrons. The highest BCUT2D eigenvalue weighted by molar-refractivity contribution is 7.84. The molecule has 0 spiro atoms. The molecule has 0 saturated heterocycles. The van der Waals surface area contributed by atoms with Crippen LogP contribution in [0.15, 0.2) is 35.9 Å². The van der Waals surface area contributed by atoms with Crippen LogP contribution in [0.25, 0.3) is 0 Å². The smallest absolute Gasteiger partial charge is 0.248 e. The van der Waals surface area contributed by atoms with Crippen molar-refractivity contribution >= 4 is 22.4 Å². The van der Waals surface area contributed by atoms with Gasteiger partial charge in [-0.3, -0.25) is 9.00 Å². The quantitative estimate of drug-likeness (QED) is 0.777. The van der Waals surface area contributed by atoms with Gasteiger partial charge >= 0.3 is 0 Å². The van der Waals surface area contributed by atoms with E-state index in [1.165, 1.54) is 24.8 Å². The summed E-state index contributed by atoms with van der Waals surface area (Å²) in [6, 6.07) is 7.56. The van der Waals surface area contributed by atoms with Gasteiger partial charge in [-0.25, -0.2) is 0 Å². The number of anilines is 1. The fraction of sp³-hybridized carbons (Fsp3) is 0.500. The molecule has 1 fully saturated rings. The molecule has 0 bridgehead atoms. The largest absolute Gasteiger partial charge is 0.384 e. The summed E-state index contributed by atoms with van der Waals surface area (Å²) in [4.78, 5) is 12.1. The molecule has 1 aliphatic carbocycles. The number of carbonyl (C=O) groups is 1. The Kier molecular flexibility index (Phi) is 7.49. The predicted molar refractivity (Wildman–Crippen MR) is 94.8 cm³/mol. The first-order valence-electron chi connectivity index (χ1n) is 8.10. The molecule has 0 aliphatic heterocycles. The average molecular weight is 335 g/mol. The van der Waals surface area contributed by atoms with Crippen molar-refractivity contribution in [3.63, 3.8) is 0 Å². The maximum atomic E-state index is 12.1. The van der Waals surface area contributed by atoms with Crippen LogP contribution in [-0.4, -0.2) is 29.6 Å². The summed E-state index contributed by atoms with van der Waals surface area (Å²) in [6.07, 6.45) is 7.44. The molecule has 5 heteroatoms. The molecule has 1 aromatic rings. The lowest BCUT2D eigenvalue weighted by Gasteiger charge is -2.13. The summed E-state index contributed by atoms with van der Waals surface area (Å²) in [6.45, 7) is 0.497. The van der Waals surface area contributed by atoms with Crippen molar-refractivity contribution in [3.8, 4) is 0 Å². The van der Waals surface area contributed by atoms with Crippen molar-refractivity contribution in [3.05, 3.63) is 41.5 Å². The van der Waals surface area contributed by atoms with Gasteiger partial charge in [0.15, 0.2) is 0 Å². The van der Waals surface area contributed by atoms with E-state index < -0.39 is 10.8 Å². The van der Waals surface area contributed by atoms with Crippen molar-refractivity contribution in [2.45, 2.75) is 37.9 Å². The second kappa shape index (κ2) is 9.63. The summed E-state index contributed by atoms with van der Waals surface area (Å²) in [5.41, 5.74) is 2.96. The molecule has 23 heavy (non-hydrogen) atoms. The monoisotopic (exact) mass is 335 g/mol. The number of ether oxygens (including phenoxy) is 1. The fourth-order valence-electron chi connectivity index (χ4n) is 2.69. The first kappa shape index (κ1) is 17.9. The molecule has 2 rings (SSSR count). The molecule has 4 nitrogen and oxygen atoms in total. The Morgan fingerprint density at radius 1 is 1.30 bits per heavy atom. The molecule has 126 valence electrons. The Morgan fingerprint density at radius 2 is 2.09 bits per heavy atom. The maximum absolute atomic E-state index is 12.1. The van der Waals surface area contributed by atoms with Crippen LogP contribution in [0.2, 0.25) is 0 Å². The predicted octanol–water partition coefficient (Wildman–Crippen LogP) is 3.41. The van der Waals surface area contributed by atoms with E-state index in [1.54, 1.807) is 13.2 Å². The summed E-state index contributed by atoms with van der Waals surface area (Å²) in [7, 11) is 0.658. The normalized spacial score (nSPS) is 16.0.